The van der Waals surface area contributed by atoms with E-state index in [-0.39, 0.29) is 24.9 Å². The van der Waals surface area contributed by atoms with Gasteiger partial charge in [-0.15, -0.1) is 12.4 Å². The van der Waals surface area contributed by atoms with E-state index in [9.17, 15) is 9.59 Å². The Morgan fingerprint density at radius 2 is 2.05 bits per heavy atom. The molecule has 1 aromatic carbocycles. The van der Waals surface area contributed by atoms with E-state index >= 15 is 0 Å². The minimum Gasteiger partial charge on any atom is -0.495 e. The Kier molecular flexibility index (Phi) is 8.22. The summed E-state index contributed by atoms with van der Waals surface area (Å²) >= 11 is 6.00. The van der Waals surface area contributed by atoms with E-state index in [0.29, 0.717) is 16.5 Å². The molecule has 0 fully saturated rings. The van der Waals surface area contributed by atoms with Crippen LogP contribution in [-0.4, -0.2) is 48.6 Å². The Hall–Kier alpha value is -1.50. The maximum absolute atomic E-state index is 12.0. The van der Waals surface area contributed by atoms with Crippen LogP contribution in [0.2, 0.25) is 5.02 Å². The zero-order chi connectivity index (χ0) is 16.2. The molecule has 0 saturated heterocycles. The Bertz CT molecular complexity index is 552. The van der Waals surface area contributed by atoms with E-state index in [1.54, 1.807) is 19.2 Å². The lowest BCUT2D eigenvalue weighted by Gasteiger charge is -2.20. The van der Waals surface area contributed by atoms with Gasteiger partial charge >= 0.3 is 5.97 Å². The summed E-state index contributed by atoms with van der Waals surface area (Å²) in [7, 11) is 3.05. The van der Waals surface area contributed by atoms with Gasteiger partial charge in [-0.1, -0.05) is 11.6 Å². The highest BCUT2D eigenvalue weighted by Gasteiger charge is 2.19. The maximum Gasteiger partial charge on any atom is 0.320 e. The van der Waals surface area contributed by atoms with Crippen LogP contribution in [-0.2, 0) is 9.59 Å². The predicted octanol–water partition coefficient (Wildman–Crippen LogP) is 2.42. The quantitative estimate of drug-likeness (QED) is 0.823. The molecular formula is C14H20Cl2N2O4. The van der Waals surface area contributed by atoms with Gasteiger partial charge in [-0.2, -0.15) is 0 Å². The second-order valence-electron chi connectivity index (χ2n) is 4.78. The molecule has 22 heavy (non-hydrogen) atoms. The van der Waals surface area contributed by atoms with Crippen molar-refractivity contribution in [2.45, 2.75) is 19.9 Å². The number of aliphatic carboxylic acids is 1. The normalized spacial score (nSPS) is 11.5. The Balaban J connectivity index is 0.00000441. The van der Waals surface area contributed by atoms with Crippen molar-refractivity contribution in [2.24, 2.45) is 0 Å². The maximum atomic E-state index is 12.0. The Labute approximate surface area is 140 Å². The van der Waals surface area contributed by atoms with Gasteiger partial charge in [-0.25, -0.2) is 0 Å². The number of hydrogen-bond acceptors (Lipinski definition) is 4. The topological polar surface area (TPSA) is 78.9 Å². The predicted molar refractivity (Wildman–Crippen MR) is 88.3 cm³/mol. The molecule has 1 amide bonds. The van der Waals surface area contributed by atoms with Crippen LogP contribution < -0.4 is 10.1 Å². The summed E-state index contributed by atoms with van der Waals surface area (Å²) in [5.41, 5.74) is 1.31. The molecule has 0 saturated carbocycles. The van der Waals surface area contributed by atoms with Crippen LogP contribution in [0.25, 0.3) is 0 Å². The van der Waals surface area contributed by atoms with E-state index in [1.807, 2.05) is 6.92 Å². The van der Waals surface area contributed by atoms with Gasteiger partial charge in [0.2, 0.25) is 5.91 Å². The number of carbonyl (C=O) groups is 2. The molecule has 6 nitrogen and oxygen atoms in total. The number of likely N-dealkylation sites (N-methyl/N-ethyl adjacent to an activating group) is 1. The number of nitrogens with one attached hydrogen (secondary N) is 1. The largest absolute Gasteiger partial charge is 0.495 e. The molecule has 0 aliphatic carbocycles. The van der Waals surface area contributed by atoms with Crippen molar-refractivity contribution in [3.63, 3.8) is 0 Å². The zero-order valence-electron chi connectivity index (χ0n) is 12.8. The van der Waals surface area contributed by atoms with Gasteiger partial charge < -0.3 is 15.2 Å². The average molecular weight is 351 g/mol. The van der Waals surface area contributed by atoms with Crippen molar-refractivity contribution in [1.82, 2.24) is 4.90 Å². The first-order chi connectivity index (χ1) is 9.76. The summed E-state index contributed by atoms with van der Waals surface area (Å²) in [5.74, 6) is -0.858. The first kappa shape index (κ1) is 20.5. The van der Waals surface area contributed by atoms with Crippen LogP contribution in [0, 0.1) is 6.92 Å². The van der Waals surface area contributed by atoms with Gasteiger partial charge in [0, 0.05) is 11.1 Å². The summed E-state index contributed by atoms with van der Waals surface area (Å²) in [4.78, 5) is 24.3. The van der Waals surface area contributed by atoms with E-state index in [1.165, 1.54) is 18.9 Å². The lowest BCUT2D eigenvalue weighted by Crippen LogP contribution is -2.40. The van der Waals surface area contributed by atoms with Crippen molar-refractivity contribution < 1.29 is 19.4 Å². The van der Waals surface area contributed by atoms with Gasteiger partial charge in [0.05, 0.1) is 19.3 Å². The molecule has 8 heteroatoms. The highest BCUT2D eigenvalue weighted by molar-refractivity contribution is 6.31. The number of carboxylic acid groups (broad SMARTS) is 1. The molecule has 0 aliphatic rings. The second kappa shape index (κ2) is 8.82. The summed E-state index contributed by atoms with van der Waals surface area (Å²) in [6.45, 7) is 3.29. The number of nitrogens with zero attached hydrogens (tertiary/aromatic N) is 1. The summed E-state index contributed by atoms with van der Waals surface area (Å²) in [6.07, 6.45) is 0. The van der Waals surface area contributed by atoms with Gasteiger partial charge in [0.15, 0.2) is 0 Å². The van der Waals surface area contributed by atoms with Crippen LogP contribution in [0.3, 0.4) is 0 Å². The minimum absolute atomic E-state index is 0. The monoisotopic (exact) mass is 350 g/mol. The zero-order valence-corrected chi connectivity index (χ0v) is 14.4. The molecule has 1 unspecified atom stereocenters. The third-order valence-corrected chi connectivity index (χ3v) is 3.57. The molecule has 1 aromatic rings. The first-order valence-electron chi connectivity index (χ1n) is 6.33. The molecule has 0 aromatic heterocycles. The SMILES string of the molecule is COc1cc(Cl)c(C)cc1NC(=O)CN(C)C(C)C(=O)O.Cl. The highest BCUT2D eigenvalue weighted by Crippen LogP contribution is 2.30. The number of methoxy groups -OCH3 is 1. The van der Waals surface area contributed by atoms with Gasteiger partial charge in [-0.05, 0) is 32.5 Å². The Morgan fingerprint density at radius 1 is 1.45 bits per heavy atom. The lowest BCUT2D eigenvalue weighted by molar-refractivity contribution is -0.142. The van der Waals surface area contributed by atoms with Crippen molar-refractivity contribution in [2.75, 3.05) is 26.0 Å². The standard InChI is InChI=1S/C14H19ClN2O4.ClH/c1-8-5-11(12(21-4)6-10(8)15)16-13(18)7-17(3)9(2)14(19)20;/h5-6,9H,7H2,1-4H3,(H,16,18)(H,19,20);1H. The first-order valence-corrected chi connectivity index (χ1v) is 6.71. The summed E-state index contributed by atoms with van der Waals surface area (Å²) in [5, 5.41) is 12.1. The lowest BCUT2D eigenvalue weighted by atomic mass is 10.2. The van der Waals surface area contributed by atoms with Crippen LogP contribution >= 0.6 is 24.0 Å². The van der Waals surface area contributed by atoms with Gasteiger partial charge in [-0.3, -0.25) is 14.5 Å². The second-order valence-corrected chi connectivity index (χ2v) is 5.19. The highest BCUT2D eigenvalue weighted by atomic mass is 35.5. The van der Waals surface area contributed by atoms with Crippen LogP contribution in [0.15, 0.2) is 12.1 Å². The third kappa shape index (κ3) is 5.36. The number of hydrogen-bond donors (Lipinski definition) is 2. The van der Waals surface area contributed by atoms with Crippen molar-refractivity contribution >= 4 is 41.6 Å². The fourth-order valence-electron chi connectivity index (χ4n) is 1.67. The van der Waals surface area contributed by atoms with E-state index in [0.717, 1.165) is 5.56 Å². The fourth-order valence-corrected chi connectivity index (χ4v) is 1.83. The van der Waals surface area contributed by atoms with E-state index < -0.39 is 12.0 Å². The van der Waals surface area contributed by atoms with Crippen molar-refractivity contribution in [3.8, 4) is 5.75 Å². The molecule has 0 spiro atoms. The van der Waals surface area contributed by atoms with Crippen LogP contribution in [0.5, 0.6) is 5.75 Å². The van der Waals surface area contributed by atoms with E-state index in [2.05, 4.69) is 5.32 Å². The third-order valence-electron chi connectivity index (χ3n) is 3.17. The van der Waals surface area contributed by atoms with Crippen molar-refractivity contribution in [3.05, 3.63) is 22.7 Å². The number of benzene rings is 1. The fraction of sp³-hybridized carbons (Fsp3) is 0.429. The van der Waals surface area contributed by atoms with Gasteiger partial charge in [0.25, 0.3) is 0 Å². The minimum atomic E-state index is -0.981. The van der Waals surface area contributed by atoms with Crippen molar-refractivity contribution in [1.29, 1.82) is 0 Å². The number of rotatable bonds is 6. The summed E-state index contributed by atoms with van der Waals surface area (Å²) < 4.78 is 5.17. The number of ether oxygens (including phenoxy) is 1. The number of carboxylic acids is 1. The molecule has 0 aliphatic heterocycles. The van der Waals surface area contributed by atoms with E-state index in [4.69, 9.17) is 21.4 Å². The van der Waals surface area contributed by atoms with Gasteiger partial charge in [0.1, 0.15) is 11.8 Å². The molecule has 2 N–H and O–H groups in total. The summed E-state index contributed by atoms with van der Waals surface area (Å²) in [6, 6.07) is 2.58. The molecule has 124 valence electrons. The smallest absolute Gasteiger partial charge is 0.320 e. The molecular weight excluding hydrogens is 331 g/mol. The molecule has 0 heterocycles. The average Bonchev–Trinajstić information content (AvgIpc) is 2.41. The number of halogens is 2. The Morgan fingerprint density at radius 3 is 2.55 bits per heavy atom. The number of anilines is 1. The number of carbonyl (C=O) groups excluding carboxylic acids is 1. The van der Waals surface area contributed by atoms with Crippen LogP contribution in [0.4, 0.5) is 5.69 Å². The van der Waals surface area contributed by atoms with Crippen LogP contribution in [0.1, 0.15) is 12.5 Å². The molecule has 1 atom stereocenters. The number of aryl methyl sites for hydroxylation is 1. The molecule has 0 bridgehead atoms. The number of amides is 1. The molecule has 0 radical (unpaired) electrons. The molecule has 1 rings (SSSR count).